The molecule has 0 bridgehead atoms. The SMILES string of the molecule is Cc1cc(CN2CCCC(C(F)(F)F)C2)ccc1N. The maximum absolute atomic E-state index is 12.7. The Morgan fingerprint density at radius 2 is 2.11 bits per heavy atom. The van der Waals surface area contributed by atoms with Gasteiger partial charge in [0.25, 0.3) is 0 Å². The van der Waals surface area contributed by atoms with Gasteiger partial charge in [0.2, 0.25) is 0 Å². The minimum Gasteiger partial charge on any atom is -0.399 e. The van der Waals surface area contributed by atoms with Crippen molar-refractivity contribution >= 4 is 5.69 Å². The molecule has 1 fully saturated rings. The first-order valence-electron chi connectivity index (χ1n) is 6.50. The predicted octanol–water partition coefficient (Wildman–Crippen LogP) is 3.35. The van der Waals surface area contributed by atoms with Crippen LogP contribution in [0, 0.1) is 12.8 Å². The lowest BCUT2D eigenvalue weighted by Gasteiger charge is -2.33. The highest BCUT2D eigenvalue weighted by molar-refractivity contribution is 5.47. The molecule has 5 heteroatoms. The summed E-state index contributed by atoms with van der Waals surface area (Å²) in [6.45, 7) is 3.31. The van der Waals surface area contributed by atoms with Crippen molar-refractivity contribution < 1.29 is 13.2 Å². The first-order chi connectivity index (χ1) is 8.86. The third-order valence-corrected chi connectivity index (χ3v) is 3.71. The predicted molar refractivity (Wildman–Crippen MR) is 69.6 cm³/mol. The second kappa shape index (κ2) is 5.41. The molecule has 1 saturated heterocycles. The maximum Gasteiger partial charge on any atom is 0.393 e. The monoisotopic (exact) mass is 272 g/mol. The lowest BCUT2D eigenvalue weighted by Crippen LogP contribution is -2.41. The van der Waals surface area contributed by atoms with E-state index in [2.05, 4.69) is 0 Å². The highest BCUT2D eigenvalue weighted by atomic mass is 19.4. The summed E-state index contributed by atoms with van der Waals surface area (Å²) in [5.74, 6) is -1.18. The normalized spacial score (nSPS) is 21.6. The molecule has 2 N–H and O–H groups in total. The zero-order valence-electron chi connectivity index (χ0n) is 11.0. The number of alkyl halides is 3. The molecule has 0 aliphatic carbocycles. The lowest BCUT2D eigenvalue weighted by molar-refractivity contribution is -0.187. The number of benzene rings is 1. The van der Waals surface area contributed by atoms with E-state index < -0.39 is 12.1 Å². The first kappa shape index (κ1) is 14.2. The molecule has 1 aromatic carbocycles. The average Bonchev–Trinajstić information content (AvgIpc) is 2.33. The fraction of sp³-hybridized carbons (Fsp3) is 0.571. The van der Waals surface area contributed by atoms with Crippen LogP contribution in [-0.2, 0) is 6.54 Å². The molecule has 106 valence electrons. The largest absolute Gasteiger partial charge is 0.399 e. The van der Waals surface area contributed by atoms with E-state index in [0.29, 0.717) is 13.0 Å². The molecule has 1 heterocycles. The minimum atomic E-state index is -4.07. The Bertz CT molecular complexity index is 443. The fourth-order valence-corrected chi connectivity index (χ4v) is 2.56. The third kappa shape index (κ3) is 3.62. The van der Waals surface area contributed by atoms with E-state index >= 15 is 0 Å². The van der Waals surface area contributed by atoms with E-state index in [1.807, 2.05) is 30.0 Å². The molecular formula is C14H19F3N2. The Labute approximate surface area is 111 Å². The van der Waals surface area contributed by atoms with E-state index in [9.17, 15) is 13.2 Å². The molecule has 2 rings (SSSR count). The van der Waals surface area contributed by atoms with Gasteiger partial charge in [-0.25, -0.2) is 0 Å². The maximum atomic E-state index is 12.7. The van der Waals surface area contributed by atoms with Crippen LogP contribution in [0.2, 0.25) is 0 Å². The van der Waals surface area contributed by atoms with E-state index in [0.717, 1.165) is 23.4 Å². The zero-order valence-corrected chi connectivity index (χ0v) is 11.0. The Morgan fingerprint density at radius 1 is 1.37 bits per heavy atom. The number of likely N-dealkylation sites (tertiary alicyclic amines) is 1. The van der Waals surface area contributed by atoms with Crippen LogP contribution in [0.4, 0.5) is 18.9 Å². The molecule has 19 heavy (non-hydrogen) atoms. The second-order valence-electron chi connectivity index (χ2n) is 5.31. The molecule has 1 atom stereocenters. The van der Waals surface area contributed by atoms with E-state index in [-0.39, 0.29) is 13.0 Å². The minimum absolute atomic E-state index is 0.104. The molecule has 1 aliphatic rings. The van der Waals surface area contributed by atoms with Gasteiger partial charge in [-0.1, -0.05) is 12.1 Å². The summed E-state index contributed by atoms with van der Waals surface area (Å²) >= 11 is 0. The quantitative estimate of drug-likeness (QED) is 0.837. The second-order valence-corrected chi connectivity index (χ2v) is 5.31. The van der Waals surface area contributed by atoms with Crippen LogP contribution in [0.1, 0.15) is 24.0 Å². The average molecular weight is 272 g/mol. The van der Waals surface area contributed by atoms with Crippen LogP contribution >= 0.6 is 0 Å². The van der Waals surface area contributed by atoms with Gasteiger partial charge in [-0.3, -0.25) is 4.90 Å². The standard InChI is InChI=1S/C14H19F3N2/c1-10-7-11(4-5-13(10)18)8-19-6-2-3-12(9-19)14(15,16)17/h4-5,7,12H,2-3,6,8-9,18H2,1H3. The van der Waals surface area contributed by atoms with Crippen LogP contribution in [0.15, 0.2) is 18.2 Å². The van der Waals surface area contributed by atoms with E-state index in [1.54, 1.807) is 0 Å². The van der Waals surface area contributed by atoms with Gasteiger partial charge in [0.05, 0.1) is 5.92 Å². The Kier molecular flexibility index (Phi) is 4.04. The van der Waals surface area contributed by atoms with E-state index in [4.69, 9.17) is 5.73 Å². The van der Waals surface area contributed by atoms with Crippen molar-refractivity contribution in [3.05, 3.63) is 29.3 Å². The Hall–Kier alpha value is -1.23. The molecule has 0 saturated carbocycles. The number of hydrogen-bond donors (Lipinski definition) is 1. The number of anilines is 1. The molecular weight excluding hydrogens is 253 g/mol. The van der Waals surface area contributed by atoms with Crippen molar-refractivity contribution in [2.75, 3.05) is 18.8 Å². The Balaban J connectivity index is 2.00. The number of nitrogens with two attached hydrogens (primary N) is 1. The Morgan fingerprint density at radius 3 is 2.74 bits per heavy atom. The molecule has 0 spiro atoms. The lowest BCUT2D eigenvalue weighted by atomic mass is 9.97. The van der Waals surface area contributed by atoms with Crippen molar-refractivity contribution in [1.82, 2.24) is 4.90 Å². The number of hydrogen-bond acceptors (Lipinski definition) is 2. The van der Waals surface area contributed by atoms with Gasteiger partial charge < -0.3 is 5.73 Å². The molecule has 1 aromatic rings. The summed E-state index contributed by atoms with van der Waals surface area (Å²) in [5, 5.41) is 0. The first-order valence-corrected chi connectivity index (χ1v) is 6.50. The summed E-state index contributed by atoms with van der Waals surface area (Å²) in [4.78, 5) is 1.88. The summed E-state index contributed by atoms with van der Waals surface area (Å²) < 4.78 is 38.2. The van der Waals surface area contributed by atoms with Crippen molar-refractivity contribution in [3.63, 3.8) is 0 Å². The zero-order chi connectivity index (χ0) is 14.0. The van der Waals surface area contributed by atoms with Gasteiger partial charge in [0.1, 0.15) is 0 Å². The van der Waals surface area contributed by atoms with Crippen molar-refractivity contribution in [2.24, 2.45) is 5.92 Å². The summed E-state index contributed by atoms with van der Waals surface area (Å²) in [6.07, 6.45) is -3.21. The number of nitrogens with zero attached hydrogens (tertiary/aromatic N) is 1. The topological polar surface area (TPSA) is 29.3 Å². The summed E-state index contributed by atoms with van der Waals surface area (Å²) in [5.41, 5.74) is 8.45. The molecule has 1 unspecified atom stereocenters. The van der Waals surface area contributed by atoms with Crippen molar-refractivity contribution in [2.45, 2.75) is 32.5 Å². The third-order valence-electron chi connectivity index (χ3n) is 3.71. The van der Waals surface area contributed by atoms with Gasteiger partial charge >= 0.3 is 6.18 Å². The molecule has 0 aromatic heterocycles. The van der Waals surface area contributed by atoms with Gasteiger partial charge in [0.15, 0.2) is 0 Å². The smallest absolute Gasteiger partial charge is 0.393 e. The number of aryl methyl sites for hydroxylation is 1. The molecule has 1 aliphatic heterocycles. The van der Waals surface area contributed by atoms with Crippen LogP contribution in [0.5, 0.6) is 0 Å². The molecule has 2 nitrogen and oxygen atoms in total. The number of piperidine rings is 1. The van der Waals surface area contributed by atoms with Gasteiger partial charge in [-0.15, -0.1) is 0 Å². The molecule has 0 radical (unpaired) electrons. The van der Waals surface area contributed by atoms with Gasteiger partial charge in [-0.05, 0) is 43.5 Å². The summed E-state index contributed by atoms with van der Waals surface area (Å²) in [7, 11) is 0. The van der Waals surface area contributed by atoms with Crippen LogP contribution in [0.25, 0.3) is 0 Å². The van der Waals surface area contributed by atoms with Crippen LogP contribution < -0.4 is 5.73 Å². The van der Waals surface area contributed by atoms with Crippen LogP contribution in [-0.4, -0.2) is 24.2 Å². The fourth-order valence-electron chi connectivity index (χ4n) is 2.56. The molecule has 0 amide bonds. The van der Waals surface area contributed by atoms with Gasteiger partial charge in [0, 0.05) is 18.8 Å². The highest BCUT2D eigenvalue weighted by Crippen LogP contribution is 2.33. The summed E-state index contributed by atoms with van der Waals surface area (Å²) in [6, 6.07) is 5.65. The van der Waals surface area contributed by atoms with Gasteiger partial charge in [-0.2, -0.15) is 13.2 Å². The van der Waals surface area contributed by atoms with Crippen molar-refractivity contribution in [3.8, 4) is 0 Å². The van der Waals surface area contributed by atoms with E-state index in [1.165, 1.54) is 0 Å². The number of halogens is 3. The number of rotatable bonds is 2. The van der Waals surface area contributed by atoms with Crippen LogP contribution in [0.3, 0.4) is 0 Å². The highest BCUT2D eigenvalue weighted by Gasteiger charge is 2.41. The number of nitrogen functional groups attached to an aromatic ring is 1. The van der Waals surface area contributed by atoms with Crippen molar-refractivity contribution in [1.29, 1.82) is 0 Å².